The summed E-state index contributed by atoms with van der Waals surface area (Å²) in [6, 6.07) is 1.24. The Morgan fingerprint density at radius 3 is 2.31 bits per heavy atom. The van der Waals surface area contributed by atoms with E-state index < -0.39 is 17.4 Å². The summed E-state index contributed by atoms with van der Waals surface area (Å²) in [6.07, 6.45) is 0. The van der Waals surface area contributed by atoms with Gasteiger partial charge in [0.2, 0.25) is 0 Å². The van der Waals surface area contributed by atoms with Crippen molar-refractivity contribution < 1.29 is 13.6 Å². The zero-order valence-corrected chi connectivity index (χ0v) is 9.67. The Kier molecular flexibility index (Phi) is 3.18. The van der Waals surface area contributed by atoms with Crippen molar-refractivity contribution >= 4 is 37.6 Å². The Morgan fingerprint density at radius 2 is 1.85 bits per heavy atom. The Balaban J connectivity index is 3.50. The minimum atomic E-state index is -1.12. The summed E-state index contributed by atoms with van der Waals surface area (Å²) in [5.41, 5.74) is -0.257. The molecule has 0 saturated carbocycles. The molecule has 70 valence electrons. The number of carbonyl (C=O) groups excluding carboxylic acids is 1. The van der Waals surface area contributed by atoms with Crippen LogP contribution < -0.4 is 0 Å². The largest absolute Gasteiger partial charge is 0.294 e. The van der Waals surface area contributed by atoms with Gasteiger partial charge < -0.3 is 0 Å². The highest BCUT2D eigenvalue weighted by atomic mass is 79.9. The van der Waals surface area contributed by atoms with Crippen molar-refractivity contribution in [1.82, 2.24) is 0 Å². The van der Waals surface area contributed by atoms with Crippen LogP contribution >= 0.6 is 31.9 Å². The first-order valence-corrected chi connectivity index (χ1v) is 4.87. The van der Waals surface area contributed by atoms with Gasteiger partial charge in [0.15, 0.2) is 17.4 Å². The number of benzene rings is 1. The van der Waals surface area contributed by atoms with Crippen LogP contribution in [0, 0.1) is 11.6 Å². The molecule has 0 aliphatic heterocycles. The normalized spacial score (nSPS) is 10.2. The van der Waals surface area contributed by atoms with Crippen molar-refractivity contribution in [2.45, 2.75) is 6.92 Å². The number of halogens is 4. The van der Waals surface area contributed by atoms with Gasteiger partial charge in [0, 0.05) is 4.47 Å². The summed E-state index contributed by atoms with van der Waals surface area (Å²) in [5, 5.41) is 0. The van der Waals surface area contributed by atoms with Crippen LogP contribution in [0.25, 0.3) is 0 Å². The smallest absolute Gasteiger partial charge is 0.174 e. The fourth-order valence-electron chi connectivity index (χ4n) is 0.829. The SMILES string of the molecule is CC(=O)c1cc(Br)c(Br)c(F)c1F. The van der Waals surface area contributed by atoms with E-state index in [-0.39, 0.29) is 10.0 Å². The van der Waals surface area contributed by atoms with Gasteiger partial charge in [0.25, 0.3) is 0 Å². The highest BCUT2D eigenvalue weighted by Gasteiger charge is 2.17. The van der Waals surface area contributed by atoms with Gasteiger partial charge in [-0.15, -0.1) is 0 Å². The van der Waals surface area contributed by atoms with Crippen molar-refractivity contribution in [3.63, 3.8) is 0 Å². The Bertz CT molecular complexity index is 377. The van der Waals surface area contributed by atoms with E-state index in [0.29, 0.717) is 4.47 Å². The molecule has 1 rings (SSSR count). The second kappa shape index (κ2) is 3.84. The molecule has 1 aromatic rings. The lowest BCUT2D eigenvalue weighted by atomic mass is 10.1. The minimum absolute atomic E-state index is 0.0185. The lowest BCUT2D eigenvalue weighted by Crippen LogP contribution is -2.01. The molecule has 0 unspecified atom stereocenters. The van der Waals surface area contributed by atoms with Gasteiger partial charge in [-0.05, 0) is 44.8 Å². The van der Waals surface area contributed by atoms with Gasteiger partial charge in [-0.2, -0.15) is 0 Å². The maximum atomic E-state index is 13.0. The van der Waals surface area contributed by atoms with Crippen LogP contribution in [0.4, 0.5) is 8.78 Å². The Labute approximate surface area is 90.4 Å². The van der Waals surface area contributed by atoms with Crippen LogP contribution in [-0.4, -0.2) is 5.78 Å². The fraction of sp³-hybridized carbons (Fsp3) is 0.125. The number of rotatable bonds is 1. The summed E-state index contributed by atoms with van der Waals surface area (Å²) in [7, 11) is 0. The van der Waals surface area contributed by atoms with Crippen molar-refractivity contribution in [3.8, 4) is 0 Å². The van der Waals surface area contributed by atoms with Crippen molar-refractivity contribution in [3.05, 3.63) is 32.2 Å². The van der Waals surface area contributed by atoms with Crippen LogP contribution in [0.2, 0.25) is 0 Å². The van der Waals surface area contributed by atoms with E-state index in [2.05, 4.69) is 31.9 Å². The van der Waals surface area contributed by atoms with Crippen molar-refractivity contribution in [1.29, 1.82) is 0 Å². The number of carbonyl (C=O) groups is 1. The minimum Gasteiger partial charge on any atom is -0.294 e. The maximum Gasteiger partial charge on any atom is 0.174 e. The van der Waals surface area contributed by atoms with E-state index in [9.17, 15) is 13.6 Å². The van der Waals surface area contributed by atoms with E-state index in [4.69, 9.17) is 0 Å². The van der Waals surface area contributed by atoms with Gasteiger partial charge in [0.05, 0.1) is 10.0 Å². The molecule has 0 saturated heterocycles. The van der Waals surface area contributed by atoms with Crippen LogP contribution in [0.3, 0.4) is 0 Å². The fourth-order valence-corrected chi connectivity index (χ4v) is 1.52. The van der Waals surface area contributed by atoms with Crippen LogP contribution in [-0.2, 0) is 0 Å². The summed E-state index contributed by atoms with van der Waals surface area (Å²) >= 11 is 5.83. The quantitative estimate of drug-likeness (QED) is 0.439. The molecular weight excluding hydrogens is 310 g/mol. The molecule has 1 nitrogen and oxygen atoms in total. The van der Waals surface area contributed by atoms with Crippen LogP contribution in [0.1, 0.15) is 17.3 Å². The van der Waals surface area contributed by atoms with Gasteiger partial charge in [-0.1, -0.05) is 0 Å². The monoisotopic (exact) mass is 312 g/mol. The van der Waals surface area contributed by atoms with Crippen LogP contribution in [0.5, 0.6) is 0 Å². The summed E-state index contributed by atoms with van der Waals surface area (Å²) in [6.45, 7) is 1.18. The highest BCUT2D eigenvalue weighted by molar-refractivity contribution is 9.13. The average molecular weight is 314 g/mol. The Hall–Kier alpha value is -0.290. The third-order valence-electron chi connectivity index (χ3n) is 1.48. The molecule has 1 aromatic carbocycles. The number of ketones is 1. The second-order valence-corrected chi connectivity index (χ2v) is 4.05. The zero-order valence-electron chi connectivity index (χ0n) is 6.50. The molecule has 0 bridgehead atoms. The van der Waals surface area contributed by atoms with Gasteiger partial charge in [0.1, 0.15) is 0 Å². The average Bonchev–Trinajstić information content (AvgIpc) is 2.07. The molecule has 0 aliphatic rings. The Morgan fingerprint density at radius 1 is 1.31 bits per heavy atom. The van der Waals surface area contributed by atoms with Gasteiger partial charge in [-0.25, -0.2) is 8.78 Å². The highest BCUT2D eigenvalue weighted by Crippen LogP contribution is 2.29. The molecule has 0 heterocycles. The molecule has 5 heteroatoms. The first-order chi connectivity index (χ1) is 5.95. The van der Waals surface area contributed by atoms with Crippen molar-refractivity contribution in [2.24, 2.45) is 0 Å². The summed E-state index contributed by atoms with van der Waals surface area (Å²) in [5.74, 6) is -2.69. The number of hydrogen-bond donors (Lipinski definition) is 0. The van der Waals surface area contributed by atoms with E-state index in [1.807, 2.05) is 0 Å². The summed E-state index contributed by atoms with van der Waals surface area (Å²) in [4.78, 5) is 10.8. The molecule has 0 amide bonds. The van der Waals surface area contributed by atoms with E-state index in [1.54, 1.807) is 0 Å². The van der Waals surface area contributed by atoms with Crippen LogP contribution in [0.15, 0.2) is 15.0 Å². The molecule has 0 aliphatic carbocycles. The first-order valence-electron chi connectivity index (χ1n) is 3.29. The third kappa shape index (κ3) is 1.96. The van der Waals surface area contributed by atoms with Gasteiger partial charge >= 0.3 is 0 Å². The molecule has 0 fully saturated rings. The van der Waals surface area contributed by atoms with E-state index in [0.717, 1.165) is 0 Å². The second-order valence-electron chi connectivity index (χ2n) is 2.40. The maximum absolute atomic E-state index is 13.0. The molecular formula is C8H4Br2F2O. The standard InChI is InChI=1S/C8H4Br2F2O/c1-3(13)4-2-5(9)6(10)8(12)7(4)11/h2H,1H3. The van der Waals surface area contributed by atoms with Crippen molar-refractivity contribution in [2.75, 3.05) is 0 Å². The third-order valence-corrected chi connectivity index (χ3v) is 3.41. The van der Waals surface area contributed by atoms with Gasteiger partial charge in [-0.3, -0.25) is 4.79 Å². The topological polar surface area (TPSA) is 17.1 Å². The lowest BCUT2D eigenvalue weighted by molar-refractivity contribution is 0.101. The molecule has 0 radical (unpaired) electrons. The molecule has 0 spiro atoms. The number of hydrogen-bond acceptors (Lipinski definition) is 1. The van der Waals surface area contributed by atoms with E-state index >= 15 is 0 Å². The zero-order chi connectivity index (χ0) is 10.2. The molecule has 0 aromatic heterocycles. The number of Topliss-reactive ketones (excluding diaryl/α,β-unsaturated/α-hetero) is 1. The molecule has 0 atom stereocenters. The molecule has 13 heavy (non-hydrogen) atoms. The predicted octanol–water partition coefficient (Wildman–Crippen LogP) is 3.69. The van der Waals surface area contributed by atoms with E-state index in [1.165, 1.54) is 13.0 Å². The predicted molar refractivity (Wildman–Crippen MR) is 51.8 cm³/mol. The molecule has 0 N–H and O–H groups in total. The summed E-state index contributed by atoms with van der Waals surface area (Å²) < 4.78 is 26.4. The lowest BCUT2D eigenvalue weighted by Gasteiger charge is -2.03. The first kappa shape index (κ1) is 10.8.